The van der Waals surface area contributed by atoms with Crippen LogP contribution in [0.1, 0.15) is 50.9 Å². The number of carbonyl (C=O) groups excluding carboxylic acids is 1. The molecule has 1 atom stereocenters. The second-order valence-corrected chi connectivity index (χ2v) is 6.40. The number of carbonyl (C=O) groups is 1. The van der Waals surface area contributed by atoms with Crippen LogP contribution in [0.3, 0.4) is 0 Å². The Labute approximate surface area is 125 Å². The number of aromatic nitrogens is 2. The molecule has 6 nitrogen and oxygen atoms in total. The molecule has 1 aliphatic heterocycles. The number of nitrogens with two attached hydrogens (primary N) is 1. The highest BCUT2D eigenvalue weighted by Crippen LogP contribution is 2.27. The van der Waals surface area contributed by atoms with E-state index in [0.29, 0.717) is 18.9 Å². The van der Waals surface area contributed by atoms with Crippen LogP contribution in [0.5, 0.6) is 0 Å². The van der Waals surface area contributed by atoms with Crippen molar-refractivity contribution in [2.24, 2.45) is 5.73 Å². The average Bonchev–Trinajstić information content (AvgIpc) is 2.46. The number of nitrogens with zero attached hydrogens (tertiary/aromatic N) is 3. The number of amides is 1. The van der Waals surface area contributed by atoms with Crippen LogP contribution in [0.4, 0.5) is 4.79 Å². The molecule has 2 N–H and O–H groups in total. The van der Waals surface area contributed by atoms with Crippen molar-refractivity contribution >= 4 is 6.09 Å². The first-order valence-corrected chi connectivity index (χ1v) is 7.38. The molecule has 1 aromatic heterocycles. The fraction of sp³-hybridized carbons (Fsp3) is 0.667. The zero-order valence-electron chi connectivity index (χ0n) is 13.0. The highest BCUT2D eigenvalue weighted by Gasteiger charge is 2.28. The van der Waals surface area contributed by atoms with Gasteiger partial charge in [0.25, 0.3) is 0 Å². The number of ether oxygens (including phenoxy) is 1. The van der Waals surface area contributed by atoms with Crippen molar-refractivity contribution < 1.29 is 9.53 Å². The Balaban J connectivity index is 2.01. The minimum atomic E-state index is -0.462. The van der Waals surface area contributed by atoms with Gasteiger partial charge in [-0.25, -0.2) is 14.8 Å². The molecule has 116 valence electrons. The molecule has 1 amide bonds. The Hall–Kier alpha value is -1.69. The van der Waals surface area contributed by atoms with E-state index in [1.165, 1.54) is 0 Å². The normalized spacial score (nSPS) is 19.4. The van der Waals surface area contributed by atoms with Crippen molar-refractivity contribution in [2.75, 3.05) is 13.1 Å². The largest absolute Gasteiger partial charge is 0.444 e. The predicted molar refractivity (Wildman–Crippen MR) is 79.7 cm³/mol. The molecular weight excluding hydrogens is 268 g/mol. The fourth-order valence-corrected chi connectivity index (χ4v) is 2.42. The quantitative estimate of drug-likeness (QED) is 0.902. The molecule has 2 heterocycles. The summed E-state index contributed by atoms with van der Waals surface area (Å²) in [6.45, 7) is 7.38. The second kappa shape index (κ2) is 6.39. The standard InChI is InChI=1S/C15H24N4O2/c1-15(2,3)21-14(20)19-6-4-5-11(10-19)12-8-17-13(7-16)18-9-12/h8-9,11H,4-7,10,16H2,1-3H3. The predicted octanol–water partition coefficient (Wildman–Crippen LogP) is 2.05. The fourth-order valence-electron chi connectivity index (χ4n) is 2.42. The van der Waals surface area contributed by atoms with Gasteiger partial charge in [0, 0.05) is 31.4 Å². The lowest BCUT2D eigenvalue weighted by Crippen LogP contribution is -2.42. The van der Waals surface area contributed by atoms with Crippen LogP contribution in [0.2, 0.25) is 0 Å². The Morgan fingerprint density at radius 1 is 1.43 bits per heavy atom. The Kier molecular flexibility index (Phi) is 4.77. The minimum Gasteiger partial charge on any atom is -0.444 e. The van der Waals surface area contributed by atoms with Crippen LogP contribution in [0.25, 0.3) is 0 Å². The highest BCUT2D eigenvalue weighted by atomic mass is 16.6. The molecule has 1 unspecified atom stereocenters. The number of hydrogen-bond donors (Lipinski definition) is 1. The third-order valence-corrected chi connectivity index (χ3v) is 3.45. The maximum atomic E-state index is 12.1. The van der Waals surface area contributed by atoms with Gasteiger partial charge >= 0.3 is 6.09 Å². The first-order valence-electron chi connectivity index (χ1n) is 7.38. The molecule has 0 saturated carbocycles. The van der Waals surface area contributed by atoms with Gasteiger partial charge in [0.1, 0.15) is 11.4 Å². The van der Waals surface area contributed by atoms with Crippen LogP contribution in [0.15, 0.2) is 12.4 Å². The van der Waals surface area contributed by atoms with Crippen LogP contribution in [0, 0.1) is 0 Å². The van der Waals surface area contributed by atoms with E-state index < -0.39 is 5.60 Å². The summed E-state index contributed by atoms with van der Waals surface area (Å²) in [4.78, 5) is 22.4. The third kappa shape index (κ3) is 4.39. The first kappa shape index (κ1) is 15.7. The van der Waals surface area contributed by atoms with Crippen molar-refractivity contribution in [1.29, 1.82) is 0 Å². The molecule has 0 spiro atoms. The molecule has 1 fully saturated rings. The molecule has 0 aromatic carbocycles. The molecule has 1 aromatic rings. The highest BCUT2D eigenvalue weighted by molar-refractivity contribution is 5.68. The zero-order valence-corrected chi connectivity index (χ0v) is 13.0. The lowest BCUT2D eigenvalue weighted by molar-refractivity contribution is 0.0198. The van der Waals surface area contributed by atoms with Crippen LogP contribution in [-0.2, 0) is 11.3 Å². The van der Waals surface area contributed by atoms with Crippen LogP contribution >= 0.6 is 0 Å². The van der Waals surface area contributed by atoms with E-state index in [1.807, 2.05) is 33.2 Å². The van der Waals surface area contributed by atoms with Crippen molar-refractivity contribution in [2.45, 2.75) is 51.7 Å². The molecular formula is C15H24N4O2. The molecule has 2 rings (SSSR count). The number of piperidine rings is 1. The number of hydrogen-bond acceptors (Lipinski definition) is 5. The van der Waals surface area contributed by atoms with Crippen LogP contribution in [-0.4, -0.2) is 39.7 Å². The van der Waals surface area contributed by atoms with Crippen molar-refractivity contribution in [3.8, 4) is 0 Å². The van der Waals surface area contributed by atoms with Gasteiger partial charge < -0.3 is 15.4 Å². The molecule has 1 aliphatic rings. The van der Waals surface area contributed by atoms with Gasteiger partial charge in [0.15, 0.2) is 0 Å². The smallest absolute Gasteiger partial charge is 0.410 e. The van der Waals surface area contributed by atoms with Gasteiger partial charge in [0.05, 0.1) is 6.54 Å². The van der Waals surface area contributed by atoms with E-state index >= 15 is 0 Å². The van der Waals surface area contributed by atoms with E-state index in [0.717, 1.165) is 24.9 Å². The van der Waals surface area contributed by atoms with E-state index in [2.05, 4.69) is 9.97 Å². The molecule has 21 heavy (non-hydrogen) atoms. The molecule has 0 radical (unpaired) electrons. The Morgan fingerprint density at radius 3 is 2.67 bits per heavy atom. The SMILES string of the molecule is CC(C)(C)OC(=O)N1CCCC(c2cnc(CN)nc2)C1. The molecule has 0 bridgehead atoms. The van der Waals surface area contributed by atoms with Crippen molar-refractivity contribution in [3.05, 3.63) is 23.8 Å². The maximum Gasteiger partial charge on any atom is 0.410 e. The van der Waals surface area contributed by atoms with E-state index in [-0.39, 0.29) is 12.0 Å². The summed E-state index contributed by atoms with van der Waals surface area (Å²) in [5.74, 6) is 0.900. The lowest BCUT2D eigenvalue weighted by Gasteiger charge is -2.34. The van der Waals surface area contributed by atoms with Gasteiger partial charge in [-0.1, -0.05) is 0 Å². The summed E-state index contributed by atoms with van der Waals surface area (Å²) in [7, 11) is 0. The van der Waals surface area contributed by atoms with Gasteiger partial charge in [0.2, 0.25) is 0 Å². The van der Waals surface area contributed by atoms with Gasteiger partial charge in [-0.3, -0.25) is 0 Å². The monoisotopic (exact) mass is 292 g/mol. The van der Waals surface area contributed by atoms with Gasteiger partial charge in [-0.2, -0.15) is 0 Å². The van der Waals surface area contributed by atoms with E-state index in [4.69, 9.17) is 10.5 Å². The first-order chi connectivity index (χ1) is 9.89. The Morgan fingerprint density at radius 2 is 2.10 bits per heavy atom. The number of rotatable bonds is 2. The third-order valence-electron chi connectivity index (χ3n) is 3.45. The van der Waals surface area contributed by atoms with Crippen LogP contribution < -0.4 is 5.73 Å². The zero-order chi connectivity index (χ0) is 15.5. The molecule has 1 saturated heterocycles. The molecule has 0 aliphatic carbocycles. The average molecular weight is 292 g/mol. The Bertz CT molecular complexity index is 481. The van der Waals surface area contributed by atoms with Crippen molar-refractivity contribution in [3.63, 3.8) is 0 Å². The topological polar surface area (TPSA) is 81.3 Å². The summed E-state index contributed by atoms with van der Waals surface area (Å²) in [6.07, 6.45) is 5.39. The second-order valence-electron chi connectivity index (χ2n) is 6.40. The van der Waals surface area contributed by atoms with E-state index in [1.54, 1.807) is 4.90 Å². The lowest BCUT2D eigenvalue weighted by atomic mass is 9.93. The summed E-state index contributed by atoms with van der Waals surface area (Å²) >= 11 is 0. The molecule has 6 heteroatoms. The van der Waals surface area contributed by atoms with Crippen molar-refractivity contribution in [1.82, 2.24) is 14.9 Å². The van der Waals surface area contributed by atoms with Gasteiger partial charge in [-0.05, 0) is 39.2 Å². The minimum absolute atomic E-state index is 0.244. The number of likely N-dealkylation sites (tertiary alicyclic amines) is 1. The summed E-state index contributed by atoms with van der Waals surface area (Å²) in [5, 5.41) is 0. The van der Waals surface area contributed by atoms with E-state index in [9.17, 15) is 4.79 Å². The van der Waals surface area contributed by atoms with Gasteiger partial charge in [-0.15, -0.1) is 0 Å². The summed E-state index contributed by atoms with van der Waals surface area (Å²) in [6, 6.07) is 0. The maximum absolute atomic E-state index is 12.1. The summed E-state index contributed by atoms with van der Waals surface area (Å²) in [5.41, 5.74) is 6.10. The summed E-state index contributed by atoms with van der Waals surface area (Å²) < 4.78 is 5.44.